The summed E-state index contributed by atoms with van der Waals surface area (Å²) >= 11 is 0. The fourth-order valence-corrected chi connectivity index (χ4v) is 3.80. The Labute approximate surface area is 153 Å². The van der Waals surface area contributed by atoms with Crippen LogP contribution < -0.4 is 5.32 Å². The third kappa shape index (κ3) is 3.43. The first-order chi connectivity index (χ1) is 12.6. The number of urea groups is 1. The lowest BCUT2D eigenvalue weighted by atomic mass is 9.97. The minimum absolute atomic E-state index is 0.0317. The van der Waals surface area contributed by atoms with Gasteiger partial charge in [0.15, 0.2) is 0 Å². The number of nitrogens with one attached hydrogen (secondary N) is 2. The van der Waals surface area contributed by atoms with Gasteiger partial charge in [-0.05, 0) is 62.1 Å². The Kier molecular flexibility index (Phi) is 4.37. The Morgan fingerprint density at radius 2 is 1.96 bits per heavy atom. The molecule has 2 aromatic carbocycles. The van der Waals surface area contributed by atoms with Gasteiger partial charge in [0.05, 0.1) is 11.0 Å². The zero-order valence-corrected chi connectivity index (χ0v) is 15.2. The fourth-order valence-electron chi connectivity index (χ4n) is 3.80. The molecular weight excluding hydrogens is 324 g/mol. The van der Waals surface area contributed by atoms with Gasteiger partial charge in [-0.15, -0.1) is 0 Å². The summed E-state index contributed by atoms with van der Waals surface area (Å²) in [7, 11) is 0. The van der Waals surface area contributed by atoms with Gasteiger partial charge in [-0.3, -0.25) is 0 Å². The maximum atomic E-state index is 12.7. The molecule has 1 atom stereocenters. The van der Waals surface area contributed by atoms with Crippen molar-refractivity contribution in [1.82, 2.24) is 14.9 Å². The van der Waals surface area contributed by atoms with Crippen LogP contribution in [0.4, 0.5) is 10.5 Å². The van der Waals surface area contributed by atoms with Crippen LogP contribution >= 0.6 is 0 Å². The van der Waals surface area contributed by atoms with Crippen molar-refractivity contribution in [3.8, 4) is 0 Å². The number of anilines is 1. The van der Waals surface area contributed by atoms with Gasteiger partial charge in [-0.2, -0.15) is 0 Å². The molecule has 0 radical (unpaired) electrons. The molecular formula is C21H24N4O. The second-order valence-electron chi connectivity index (χ2n) is 7.23. The van der Waals surface area contributed by atoms with Crippen LogP contribution in [0.5, 0.6) is 0 Å². The molecule has 4 rings (SSSR count). The van der Waals surface area contributed by atoms with Crippen molar-refractivity contribution in [2.45, 2.75) is 32.6 Å². The number of aromatic nitrogens is 2. The van der Waals surface area contributed by atoms with Crippen molar-refractivity contribution < 1.29 is 4.79 Å². The number of aryl methyl sites for hydroxylation is 2. The Morgan fingerprint density at radius 1 is 1.19 bits per heavy atom. The molecule has 26 heavy (non-hydrogen) atoms. The fraction of sp³-hybridized carbons (Fsp3) is 0.333. The molecule has 1 saturated heterocycles. The van der Waals surface area contributed by atoms with E-state index in [-0.39, 0.29) is 11.9 Å². The van der Waals surface area contributed by atoms with E-state index < -0.39 is 0 Å². The molecule has 2 N–H and O–H groups in total. The topological polar surface area (TPSA) is 61.0 Å². The Balaban J connectivity index is 1.48. The van der Waals surface area contributed by atoms with E-state index in [0.717, 1.165) is 53.1 Å². The first-order valence-electron chi connectivity index (χ1n) is 9.17. The number of H-pyrrole nitrogens is 1. The summed E-state index contributed by atoms with van der Waals surface area (Å²) in [6.45, 7) is 5.56. The number of amides is 2. The average molecular weight is 348 g/mol. The van der Waals surface area contributed by atoms with Crippen LogP contribution in [0.25, 0.3) is 11.0 Å². The minimum Gasteiger partial charge on any atom is -0.342 e. The minimum atomic E-state index is -0.0317. The number of likely N-dealkylation sites (tertiary alicyclic amines) is 1. The number of para-hydroxylation sites is 2. The summed E-state index contributed by atoms with van der Waals surface area (Å²) in [4.78, 5) is 22.8. The summed E-state index contributed by atoms with van der Waals surface area (Å²) in [5.41, 5.74) is 5.20. The number of piperidine rings is 1. The van der Waals surface area contributed by atoms with Crippen molar-refractivity contribution in [3.63, 3.8) is 0 Å². The lowest BCUT2D eigenvalue weighted by Crippen LogP contribution is -2.41. The highest BCUT2D eigenvalue weighted by Gasteiger charge is 2.26. The highest BCUT2D eigenvalue weighted by molar-refractivity contribution is 5.89. The van der Waals surface area contributed by atoms with Crippen LogP contribution in [0.15, 0.2) is 42.5 Å². The van der Waals surface area contributed by atoms with Crippen molar-refractivity contribution >= 4 is 22.8 Å². The van der Waals surface area contributed by atoms with Gasteiger partial charge < -0.3 is 15.2 Å². The molecule has 1 aromatic heterocycles. The number of fused-ring (bicyclic) bond motifs is 1. The standard InChI is InChI=1S/C21H24N4O/c1-14-10-15(2)12-17(11-14)22-21(26)25-9-5-6-16(13-25)20-23-18-7-3-4-8-19(18)24-20/h3-4,7-8,10-12,16H,5-6,9,13H2,1-2H3,(H,22,26)(H,23,24). The van der Waals surface area contributed by atoms with Gasteiger partial charge in [0.25, 0.3) is 0 Å². The number of carbonyl (C=O) groups excluding carboxylic acids is 1. The summed E-state index contributed by atoms with van der Waals surface area (Å²) in [6.07, 6.45) is 2.04. The van der Waals surface area contributed by atoms with Gasteiger partial charge in [0, 0.05) is 24.7 Å². The first kappa shape index (κ1) is 16.6. The van der Waals surface area contributed by atoms with Crippen molar-refractivity contribution in [2.75, 3.05) is 18.4 Å². The number of benzene rings is 2. The Hall–Kier alpha value is -2.82. The van der Waals surface area contributed by atoms with E-state index in [4.69, 9.17) is 4.98 Å². The van der Waals surface area contributed by atoms with E-state index in [2.05, 4.69) is 16.4 Å². The number of imidazole rings is 1. The predicted octanol–water partition coefficient (Wildman–Crippen LogP) is 4.59. The highest BCUT2D eigenvalue weighted by atomic mass is 16.2. The normalized spacial score (nSPS) is 17.5. The van der Waals surface area contributed by atoms with Gasteiger partial charge in [-0.1, -0.05) is 18.2 Å². The van der Waals surface area contributed by atoms with Crippen molar-refractivity contribution in [2.24, 2.45) is 0 Å². The molecule has 1 aliphatic rings. The summed E-state index contributed by atoms with van der Waals surface area (Å²) < 4.78 is 0. The summed E-state index contributed by atoms with van der Waals surface area (Å²) in [5.74, 6) is 1.23. The van der Waals surface area contributed by atoms with Gasteiger partial charge in [-0.25, -0.2) is 9.78 Å². The van der Waals surface area contributed by atoms with E-state index in [1.165, 1.54) is 0 Å². The predicted molar refractivity (Wildman–Crippen MR) is 105 cm³/mol. The molecule has 134 valence electrons. The van der Waals surface area contributed by atoms with E-state index in [9.17, 15) is 4.79 Å². The lowest BCUT2D eigenvalue weighted by Gasteiger charge is -2.32. The van der Waals surface area contributed by atoms with Crippen molar-refractivity contribution in [1.29, 1.82) is 0 Å². The van der Waals surface area contributed by atoms with Crippen LogP contribution in [-0.4, -0.2) is 34.0 Å². The molecule has 0 saturated carbocycles. The Morgan fingerprint density at radius 3 is 2.73 bits per heavy atom. The lowest BCUT2D eigenvalue weighted by molar-refractivity contribution is 0.191. The van der Waals surface area contributed by atoms with E-state index in [1.807, 2.05) is 55.1 Å². The molecule has 2 heterocycles. The molecule has 0 bridgehead atoms. The third-order valence-electron chi connectivity index (χ3n) is 4.98. The monoisotopic (exact) mass is 348 g/mol. The van der Waals surface area contributed by atoms with Crippen molar-refractivity contribution in [3.05, 3.63) is 59.4 Å². The van der Waals surface area contributed by atoms with Crippen LogP contribution in [0.2, 0.25) is 0 Å². The summed E-state index contributed by atoms with van der Waals surface area (Å²) in [6, 6.07) is 14.1. The maximum Gasteiger partial charge on any atom is 0.321 e. The zero-order valence-electron chi connectivity index (χ0n) is 15.2. The quantitative estimate of drug-likeness (QED) is 0.711. The van der Waals surface area contributed by atoms with Gasteiger partial charge >= 0.3 is 6.03 Å². The molecule has 0 aliphatic carbocycles. The van der Waals surface area contributed by atoms with Crippen LogP contribution in [0, 0.1) is 13.8 Å². The van der Waals surface area contributed by atoms with Crippen LogP contribution in [0.1, 0.15) is 35.7 Å². The number of hydrogen-bond acceptors (Lipinski definition) is 2. The zero-order chi connectivity index (χ0) is 18.1. The van der Waals surface area contributed by atoms with Gasteiger partial charge in [0.1, 0.15) is 5.82 Å². The molecule has 1 unspecified atom stereocenters. The second kappa shape index (κ2) is 6.83. The average Bonchev–Trinajstić information content (AvgIpc) is 3.05. The van der Waals surface area contributed by atoms with Crippen LogP contribution in [0.3, 0.4) is 0 Å². The van der Waals surface area contributed by atoms with Gasteiger partial charge in [0.2, 0.25) is 0 Å². The molecule has 1 aliphatic heterocycles. The number of carbonyl (C=O) groups is 1. The highest BCUT2D eigenvalue weighted by Crippen LogP contribution is 2.27. The molecule has 1 fully saturated rings. The number of aromatic amines is 1. The second-order valence-corrected chi connectivity index (χ2v) is 7.23. The van der Waals surface area contributed by atoms with E-state index >= 15 is 0 Å². The molecule has 2 amide bonds. The maximum absolute atomic E-state index is 12.7. The van der Waals surface area contributed by atoms with E-state index in [1.54, 1.807) is 0 Å². The smallest absolute Gasteiger partial charge is 0.321 e. The molecule has 3 aromatic rings. The molecule has 0 spiro atoms. The number of nitrogens with zero attached hydrogens (tertiary/aromatic N) is 2. The number of rotatable bonds is 2. The van der Waals surface area contributed by atoms with E-state index in [0.29, 0.717) is 6.54 Å². The first-order valence-corrected chi connectivity index (χ1v) is 9.17. The Bertz CT molecular complexity index is 893. The number of hydrogen-bond donors (Lipinski definition) is 2. The molecule has 5 heteroatoms. The summed E-state index contributed by atoms with van der Waals surface area (Å²) in [5, 5.41) is 3.05. The van der Waals surface area contributed by atoms with Crippen LogP contribution in [-0.2, 0) is 0 Å². The molecule has 5 nitrogen and oxygen atoms in total. The third-order valence-corrected chi connectivity index (χ3v) is 4.98. The SMILES string of the molecule is Cc1cc(C)cc(NC(=O)N2CCCC(c3nc4ccccc4[nH]3)C2)c1. The largest absolute Gasteiger partial charge is 0.342 e.